The summed E-state index contributed by atoms with van der Waals surface area (Å²) in [7, 11) is -3.68. The van der Waals surface area contributed by atoms with Gasteiger partial charge < -0.3 is 10.2 Å². The van der Waals surface area contributed by atoms with E-state index in [1.54, 1.807) is 32.9 Å². The molecule has 0 aromatic heterocycles. The van der Waals surface area contributed by atoms with Crippen molar-refractivity contribution in [1.29, 1.82) is 0 Å². The minimum absolute atomic E-state index is 0.0386. The molecular formula is C15H21N3O4S2. The third-order valence-electron chi connectivity index (χ3n) is 3.05. The van der Waals surface area contributed by atoms with E-state index in [2.05, 4.69) is 10.0 Å². The van der Waals surface area contributed by atoms with Gasteiger partial charge in [0.15, 0.2) is 0 Å². The van der Waals surface area contributed by atoms with Crippen LogP contribution in [0.1, 0.15) is 20.8 Å². The molecule has 1 saturated heterocycles. The van der Waals surface area contributed by atoms with Gasteiger partial charge in [0.2, 0.25) is 15.9 Å². The summed E-state index contributed by atoms with van der Waals surface area (Å²) in [6, 6.07) is 6.02. The highest BCUT2D eigenvalue weighted by Crippen LogP contribution is 2.19. The summed E-state index contributed by atoms with van der Waals surface area (Å²) in [6.45, 7) is 5.76. The molecule has 2 N–H and O–H groups in total. The highest BCUT2D eigenvalue weighted by molar-refractivity contribution is 8.13. The minimum atomic E-state index is -3.68. The maximum atomic E-state index is 12.3. The molecule has 0 unspecified atom stereocenters. The van der Waals surface area contributed by atoms with E-state index in [1.807, 2.05) is 0 Å². The Bertz CT molecular complexity index is 741. The molecule has 2 amide bonds. The largest absolute Gasteiger partial charge is 0.325 e. The van der Waals surface area contributed by atoms with Crippen molar-refractivity contribution in [3.8, 4) is 0 Å². The predicted octanol–water partition coefficient (Wildman–Crippen LogP) is 1.87. The minimum Gasteiger partial charge on any atom is -0.325 e. The number of thioether (sulfide) groups is 1. The molecule has 1 aromatic carbocycles. The molecule has 0 atom stereocenters. The van der Waals surface area contributed by atoms with Gasteiger partial charge in [0.1, 0.15) is 6.54 Å². The fourth-order valence-electron chi connectivity index (χ4n) is 2.15. The molecule has 24 heavy (non-hydrogen) atoms. The molecule has 1 fully saturated rings. The van der Waals surface area contributed by atoms with Gasteiger partial charge >= 0.3 is 0 Å². The molecule has 2 rings (SSSR count). The average Bonchev–Trinajstić information content (AvgIpc) is 2.82. The van der Waals surface area contributed by atoms with Gasteiger partial charge in [0.25, 0.3) is 5.24 Å². The van der Waals surface area contributed by atoms with Crippen molar-refractivity contribution in [2.75, 3.05) is 24.2 Å². The van der Waals surface area contributed by atoms with Gasteiger partial charge in [0, 0.05) is 23.5 Å². The lowest BCUT2D eigenvalue weighted by molar-refractivity contribution is -0.116. The van der Waals surface area contributed by atoms with Gasteiger partial charge in [-0.1, -0.05) is 17.8 Å². The van der Waals surface area contributed by atoms with Crippen LogP contribution < -0.4 is 10.0 Å². The van der Waals surface area contributed by atoms with E-state index in [0.717, 1.165) is 0 Å². The number of hydrogen-bond donors (Lipinski definition) is 2. The number of anilines is 1. The number of benzene rings is 1. The van der Waals surface area contributed by atoms with Crippen molar-refractivity contribution in [3.63, 3.8) is 0 Å². The molecule has 0 radical (unpaired) electrons. The van der Waals surface area contributed by atoms with Gasteiger partial charge in [-0.3, -0.25) is 9.59 Å². The number of hydrogen-bond acceptors (Lipinski definition) is 5. The molecule has 0 saturated carbocycles. The number of nitrogens with one attached hydrogen (secondary N) is 2. The van der Waals surface area contributed by atoms with Crippen molar-refractivity contribution in [3.05, 3.63) is 24.3 Å². The third kappa shape index (κ3) is 5.22. The molecule has 1 heterocycles. The summed E-state index contributed by atoms with van der Waals surface area (Å²) in [6.07, 6.45) is 0. The summed E-state index contributed by atoms with van der Waals surface area (Å²) in [5.74, 6) is 0.322. The van der Waals surface area contributed by atoms with E-state index in [1.165, 1.54) is 28.8 Å². The van der Waals surface area contributed by atoms with Crippen LogP contribution in [0.5, 0.6) is 0 Å². The zero-order chi connectivity index (χ0) is 18.0. The molecule has 132 valence electrons. The predicted molar refractivity (Wildman–Crippen MR) is 94.6 cm³/mol. The summed E-state index contributed by atoms with van der Waals surface area (Å²) < 4.78 is 27.2. The van der Waals surface area contributed by atoms with Crippen molar-refractivity contribution < 1.29 is 18.0 Å². The Labute approximate surface area is 146 Å². The summed E-state index contributed by atoms with van der Waals surface area (Å²) in [5.41, 5.74) is -0.234. The zero-order valence-corrected chi connectivity index (χ0v) is 15.5. The Balaban J connectivity index is 2.07. The third-order valence-corrected chi connectivity index (χ3v) is 5.70. The SMILES string of the molecule is CC(C)(C)NS(=O)(=O)c1cccc(NC(=O)CN2CCSC2=O)c1. The van der Waals surface area contributed by atoms with Gasteiger partial charge in [-0.25, -0.2) is 13.1 Å². The zero-order valence-electron chi connectivity index (χ0n) is 13.8. The van der Waals surface area contributed by atoms with Gasteiger partial charge in [-0.05, 0) is 39.0 Å². The first-order valence-electron chi connectivity index (χ1n) is 7.42. The number of carbonyl (C=O) groups excluding carboxylic acids is 2. The molecule has 1 aromatic rings. The van der Waals surface area contributed by atoms with E-state index >= 15 is 0 Å². The van der Waals surface area contributed by atoms with E-state index in [0.29, 0.717) is 18.0 Å². The van der Waals surface area contributed by atoms with Crippen LogP contribution in [0.25, 0.3) is 0 Å². The summed E-state index contributed by atoms with van der Waals surface area (Å²) in [4.78, 5) is 25.1. The summed E-state index contributed by atoms with van der Waals surface area (Å²) >= 11 is 1.18. The Morgan fingerprint density at radius 2 is 2.04 bits per heavy atom. The van der Waals surface area contributed by atoms with Crippen LogP contribution in [-0.2, 0) is 14.8 Å². The highest BCUT2D eigenvalue weighted by atomic mass is 32.2. The lowest BCUT2D eigenvalue weighted by Gasteiger charge is -2.20. The molecular weight excluding hydrogens is 350 g/mol. The molecule has 7 nitrogen and oxygen atoms in total. The number of nitrogens with zero attached hydrogens (tertiary/aromatic N) is 1. The monoisotopic (exact) mass is 371 g/mol. The van der Waals surface area contributed by atoms with Crippen LogP contribution in [0.2, 0.25) is 0 Å². The quantitative estimate of drug-likeness (QED) is 0.824. The first-order chi connectivity index (χ1) is 11.1. The maximum Gasteiger partial charge on any atom is 0.282 e. The standard InChI is InChI=1S/C15H21N3O4S2/c1-15(2,3)17-24(21,22)12-6-4-5-11(9-12)16-13(19)10-18-7-8-23-14(18)20/h4-6,9,17H,7-8,10H2,1-3H3,(H,16,19). The fraction of sp³-hybridized carbons (Fsp3) is 0.467. The van der Waals surface area contributed by atoms with Crippen molar-refractivity contribution in [2.45, 2.75) is 31.2 Å². The summed E-state index contributed by atoms with van der Waals surface area (Å²) in [5, 5.41) is 2.52. The van der Waals surface area contributed by atoms with Gasteiger partial charge in [-0.15, -0.1) is 0 Å². The lowest BCUT2D eigenvalue weighted by atomic mass is 10.1. The van der Waals surface area contributed by atoms with Crippen molar-refractivity contribution in [2.24, 2.45) is 0 Å². The molecule has 9 heteroatoms. The first kappa shape index (κ1) is 18.8. The van der Waals surface area contributed by atoms with E-state index in [-0.39, 0.29) is 22.6 Å². The van der Waals surface area contributed by atoms with E-state index < -0.39 is 15.6 Å². The lowest BCUT2D eigenvalue weighted by Crippen LogP contribution is -2.40. The molecule has 0 aliphatic carbocycles. The Kier molecular flexibility index (Phi) is 5.56. The topological polar surface area (TPSA) is 95.6 Å². The van der Waals surface area contributed by atoms with E-state index in [4.69, 9.17) is 0 Å². The van der Waals surface area contributed by atoms with Crippen LogP contribution in [-0.4, -0.2) is 48.8 Å². The second-order valence-electron chi connectivity index (χ2n) is 6.47. The average molecular weight is 371 g/mol. The number of amides is 2. The van der Waals surface area contributed by atoms with Crippen LogP contribution in [0.4, 0.5) is 10.5 Å². The van der Waals surface area contributed by atoms with Crippen LogP contribution in [0, 0.1) is 0 Å². The van der Waals surface area contributed by atoms with E-state index in [9.17, 15) is 18.0 Å². The number of rotatable bonds is 5. The van der Waals surface area contributed by atoms with Crippen LogP contribution in [0.3, 0.4) is 0 Å². The van der Waals surface area contributed by atoms with Crippen molar-refractivity contribution in [1.82, 2.24) is 9.62 Å². The van der Waals surface area contributed by atoms with Crippen LogP contribution in [0.15, 0.2) is 29.2 Å². The maximum absolute atomic E-state index is 12.3. The van der Waals surface area contributed by atoms with Crippen molar-refractivity contribution >= 4 is 38.6 Å². The second kappa shape index (κ2) is 7.12. The first-order valence-corrected chi connectivity index (χ1v) is 9.89. The van der Waals surface area contributed by atoms with Gasteiger partial charge in [0.05, 0.1) is 4.90 Å². The van der Waals surface area contributed by atoms with Gasteiger partial charge in [-0.2, -0.15) is 0 Å². The molecule has 1 aliphatic heterocycles. The number of carbonyl (C=O) groups is 2. The smallest absolute Gasteiger partial charge is 0.282 e. The molecule has 0 bridgehead atoms. The Hall–Kier alpha value is -1.58. The Morgan fingerprint density at radius 3 is 2.62 bits per heavy atom. The molecule has 0 spiro atoms. The highest BCUT2D eigenvalue weighted by Gasteiger charge is 2.24. The second-order valence-corrected chi connectivity index (χ2v) is 9.20. The number of sulfonamides is 1. The van der Waals surface area contributed by atoms with Crippen LogP contribution >= 0.6 is 11.8 Å². The Morgan fingerprint density at radius 1 is 1.33 bits per heavy atom. The normalized spacial score (nSPS) is 15.6. The fourth-order valence-corrected chi connectivity index (χ4v) is 4.43. The molecule has 1 aliphatic rings.